The van der Waals surface area contributed by atoms with Gasteiger partial charge >= 0.3 is 0 Å². The standard InChI is InChI=1S/C18H19N3O2S/c22-17(20-9-12-6-7-12)16-10-24-11-21(16)18(23)14-3-1-5-15-13(14)4-2-8-19-15/h1-5,8,12,16H,6-7,9-11H2,(H,20,22)/t16-/m0/s1. The number of hydrogen-bond acceptors (Lipinski definition) is 4. The number of aromatic nitrogens is 1. The van der Waals surface area contributed by atoms with Crippen molar-refractivity contribution in [2.75, 3.05) is 18.2 Å². The number of carbonyl (C=O) groups excluding carboxylic acids is 2. The summed E-state index contributed by atoms with van der Waals surface area (Å²) in [7, 11) is 0. The molecule has 1 N–H and O–H groups in total. The van der Waals surface area contributed by atoms with Gasteiger partial charge in [0.25, 0.3) is 5.91 Å². The number of benzene rings is 1. The summed E-state index contributed by atoms with van der Waals surface area (Å²) in [6, 6.07) is 8.90. The molecule has 0 spiro atoms. The van der Waals surface area contributed by atoms with Gasteiger partial charge in [-0.15, -0.1) is 11.8 Å². The maximum Gasteiger partial charge on any atom is 0.255 e. The Kier molecular flexibility index (Phi) is 4.14. The van der Waals surface area contributed by atoms with Gasteiger partial charge in [-0.05, 0) is 37.0 Å². The zero-order valence-corrected chi connectivity index (χ0v) is 14.1. The number of hydrogen-bond donors (Lipinski definition) is 1. The largest absolute Gasteiger partial charge is 0.354 e. The number of thioether (sulfide) groups is 1. The number of carbonyl (C=O) groups is 2. The second-order valence-corrected chi connectivity index (χ2v) is 7.35. The van der Waals surface area contributed by atoms with E-state index in [1.807, 2.05) is 30.3 Å². The molecule has 2 aliphatic rings. The van der Waals surface area contributed by atoms with Crippen molar-refractivity contribution in [3.63, 3.8) is 0 Å². The number of amides is 2. The fraction of sp³-hybridized carbons (Fsp3) is 0.389. The fourth-order valence-corrected chi connectivity index (χ4v) is 4.14. The van der Waals surface area contributed by atoms with Crippen LogP contribution in [-0.4, -0.2) is 45.9 Å². The van der Waals surface area contributed by atoms with Crippen LogP contribution in [0, 0.1) is 5.92 Å². The van der Waals surface area contributed by atoms with E-state index in [0.717, 1.165) is 17.4 Å². The second-order valence-electron chi connectivity index (χ2n) is 6.35. The molecule has 2 fully saturated rings. The van der Waals surface area contributed by atoms with Gasteiger partial charge < -0.3 is 10.2 Å². The van der Waals surface area contributed by atoms with Crippen LogP contribution in [0.2, 0.25) is 0 Å². The third-order valence-electron chi connectivity index (χ3n) is 4.58. The molecule has 0 unspecified atom stereocenters. The molecule has 5 nitrogen and oxygen atoms in total. The number of pyridine rings is 1. The lowest BCUT2D eigenvalue weighted by atomic mass is 10.1. The summed E-state index contributed by atoms with van der Waals surface area (Å²) in [6.07, 6.45) is 4.12. The zero-order chi connectivity index (χ0) is 16.5. The van der Waals surface area contributed by atoms with E-state index in [2.05, 4.69) is 10.3 Å². The molecule has 1 atom stereocenters. The molecule has 0 bridgehead atoms. The number of fused-ring (bicyclic) bond motifs is 1. The van der Waals surface area contributed by atoms with E-state index < -0.39 is 0 Å². The summed E-state index contributed by atoms with van der Waals surface area (Å²) in [5, 5.41) is 3.83. The molecule has 1 aliphatic heterocycles. The van der Waals surface area contributed by atoms with Crippen molar-refractivity contribution in [2.45, 2.75) is 18.9 Å². The minimum Gasteiger partial charge on any atom is -0.354 e. The van der Waals surface area contributed by atoms with Gasteiger partial charge in [0.15, 0.2) is 0 Å². The number of nitrogens with zero attached hydrogens (tertiary/aromatic N) is 2. The van der Waals surface area contributed by atoms with E-state index in [9.17, 15) is 9.59 Å². The van der Waals surface area contributed by atoms with Gasteiger partial charge in [-0.25, -0.2) is 0 Å². The van der Waals surface area contributed by atoms with Crippen molar-refractivity contribution >= 4 is 34.5 Å². The van der Waals surface area contributed by atoms with Crippen molar-refractivity contribution in [3.05, 3.63) is 42.1 Å². The highest BCUT2D eigenvalue weighted by atomic mass is 32.2. The van der Waals surface area contributed by atoms with E-state index >= 15 is 0 Å². The first kappa shape index (κ1) is 15.4. The molecule has 1 saturated heterocycles. The zero-order valence-electron chi connectivity index (χ0n) is 13.3. The molecule has 24 heavy (non-hydrogen) atoms. The third kappa shape index (κ3) is 2.98. The topological polar surface area (TPSA) is 62.3 Å². The van der Waals surface area contributed by atoms with Gasteiger partial charge in [-0.1, -0.05) is 12.1 Å². The molecule has 2 aromatic rings. The third-order valence-corrected chi connectivity index (χ3v) is 5.60. The van der Waals surface area contributed by atoms with E-state index in [1.54, 1.807) is 22.9 Å². The Balaban J connectivity index is 1.56. The van der Waals surface area contributed by atoms with Crippen LogP contribution in [0.25, 0.3) is 10.9 Å². The maximum absolute atomic E-state index is 13.0. The maximum atomic E-state index is 13.0. The van der Waals surface area contributed by atoms with Crippen LogP contribution in [0.1, 0.15) is 23.2 Å². The predicted molar refractivity (Wildman–Crippen MR) is 94.8 cm³/mol. The molecule has 2 heterocycles. The lowest BCUT2D eigenvalue weighted by Crippen LogP contribution is -2.47. The molecular formula is C18H19N3O2S. The van der Waals surface area contributed by atoms with Gasteiger partial charge in [0, 0.05) is 29.4 Å². The van der Waals surface area contributed by atoms with Gasteiger partial charge in [0.1, 0.15) is 6.04 Å². The van der Waals surface area contributed by atoms with Crippen LogP contribution < -0.4 is 5.32 Å². The summed E-state index contributed by atoms with van der Waals surface area (Å²) >= 11 is 1.63. The lowest BCUT2D eigenvalue weighted by molar-refractivity contribution is -0.124. The Labute approximate surface area is 144 Å². The SMILES string of the molecule is O=C(NCC1CC1)[C@@H]1CSCN1C(=O)c1cccc2ncccc12. The highest BCUT2D eigenvalue weighted by molar-refractivity contribution is 7.99. The Hall–Kier alpha value is -2.08. The summed E-state index contributed by atoms with van der Waals surface area (Å²) in [5.41, 5.74) is 1.41. The van der Waals surface area contributed by atoms with Crippen LogP contribution >= 0.6 is 11.8 Å². The molecule has 1 aromatic heterocycles. The van der Waals surface area contributed by atoms with Crippen LogP contribution in [0.4, 0.5) is 0 Å². The normalized spacial score (nSPS) is 20.3. The summed E-state index contributed by atoms with van der Waals surface area (Å²) in [5.74, 6) is 1.72. The van der Waals surface area contributed by atoms with Crippen LogP contribution in [0.15, 0.2) is 36.5 Å². The number of nitrogens with one attached hydrogen (secondary N) is 1. The van der Waals surface area contributed by atoms with E-state index in [-0.39, 0.29) is 17.9 Å². The first-order valence-electron chi connectivity index (χ1n) is 8.24. The first-order valence-corrected chi connectivity index (χ1v) is 9.39. The van der Waals surface area contributed by atoms with Gasteiger partial charge in [0.05, 0.1) is 11.4 Å². The summed E-state index contributed by atoms with van der Waals surface area (Å²) in [4.78, 5) is 31.5. The molecule has 1 saturated carbocycles. The molecule has 1 aliphatic carbocycles. The molecule has 4 rings (SSSR count). The van der Waals surface area contributed by atoms with E-state index in [4.69, 9.17) is 0 Å². The molecule has 124 valence electrons. The number of rotatable bonds is 4. The molecule has 2 amide bonds. The molecule has 1 aromatic carbocycles. The fourth-order valence-electron chi connectivity index (χ4n) is 2.99. The van der Waals surface area contributed by atoms with Crippen molar-refractivity contribution in [1.82, 2.24) is 15.2 Å². The van der Waals surface area contributed by atoms with Crippen molar-refractivity contribution in [1.29, 1.82) is 0 Å². The molecular weight excluding hydrogens is 322 g/mol. The first-order chi connectivity index (χ1) is 11.7. The Morgan fingerprint density at radius 3 is 2.96 bits per heavy atom. The predicted octanol–water partition coefficient (Wildman–Crippen LogP) is 2.28. The van der Waals surface area contributed by atoms with Gasteiger partial charge in [-0.3, -0.25) is 14.6 Å². The summed E-state index contributed by atoms with van der Waals surface area (Å²) in [6.45, 7) is 0.736. The lowest BCUT2D eigenvalue weighted by Gasteiger charge is -2.23. The minimum atomic E-state index is -0.381. The highest BCUT2D eigenvalue weighted by Gasteiger charge is 2.36. The Morgan fingerprint density at radius 2 is 2.12 bits per heavy atom. The van der Waals surface area contributed by atoms with E-state index in [0.29, 0.717) is 23.1 Å². The quantitative estimate of drug-likeness (QED) is 0.927. The van der Waals surface area contributed by atoms with Crippen LogP contribution in [0.5, 0.6) is 0 Å². The minimum absolute atomic E-state index is 0.0291. The monoisotopic (exact) mass is 341 g/mol. The average molecular weight is 341 g/mol. The molecule has 6 heteroatoms. The van der Waals surface area contributed by atoms with Crippen molar-refractivity contribution < 1.29 is 9.59 Å². The second kappa shape index (κ2) is 6.43. The van der Waals surface area contributed by atoms with Crippen LogP contribution in [0.3, 0.4) is 0 Å². The highest BCUT2D eigenvalue weighted by Crippen LogP contribution is 2.29. The van der Waals surface area contributed by atoms with E-state index in [1.165, 1.54) is 12.8 Å². The van der Waals surface area contributed by atoms with Gasteiger partial charge in [0.2, 0.25) is 5.91 Å². The van der Waals surface area contributed by atoms with Gasteiger partial charge in [-0.2, -0.15) is 0 Å². The summed E-state index contributed by atoms with van der Waals surface area (Å²) < 4.78 is 0. The van der Waals surface area contributed by atoms with Crippen LogP contribution in [-0.2, 0) is 4.79 Å². The van der Waals surface area contributed by atoms with Crippen molar-refractivity contribution in [2.24, 2.45) is 5.92 Å². The Bertz CT molecular complexity index is 785. The average Bonchev–Trinajstić information content (AvgIpc) is 3.32. The van der Waals surface area contributed by atoms with Crippen molar-refractivity contribution in [3.8, 4) is 0 Å². The molecule has 0 radical (unpaired) electrons. The Morgan fingerprint density at radius 1 is 1.25 bits per heavy atom. The smallest absolute Gasteiger partial charge is 0.255 e.